The predicted molar refractivity (Wildman–Crippen MR) is 81.1 cm³/mol. The van der Waals surface area contributed by atoms with Gasteiger partial charge >= 0.3 is 0 Å². The zero-order valence-electron chi connectivity index (χ0n) is 11.8. The molecule has 19 heavy (non-hydrogen) atoms. The van der Waals surface area contributed by atoms with Crippen molar-refractivity contribution in [3.05, 3.63) is 16.4 Å². The van der Waals surface area contributed by atoms with E-state index in [1.165, 1.54) is 19.3 Å². The predicted octanol–water partition coefficient (Wildman–Crippen LogP) is 3.71. The van der Waals surface area contributed by atoms with Gasteiger partial charge in [-0.1, -0.05) is 24.9 Å². The summed E-state index contributed by atoms with van der Waals surface area (Å²) in [4.78, 5) is 2.46. The minimum atomic E-state index is 0.483. The van der Waals surface area contributed by atoms with Gasteiger partial charge in [0.15, 0.2) is 0 Å². The Balaban J connectivity index is 2.19. The van der Waals surface area contributed by atoms with Crippen molar-refractivity contribution in [3.8, 4) is 0 Å². The van der Waals surface area contributed by atoms with Crippen LogP contribution < -0.4 is 0 Å². The molecule has 0 N–H and O–H groups in total. The topological polar surface area (TPSA) is 21.1 Å². The average Bonchev–Trinajstić information content (AvgIpc) is 2.76. The Morgan fingerprint density at radius 1 is 1.32 bits per heavy atom. The molecule has 1 aromatic rings. The highest BCUT2D eigenvalue weighted by Gasteiger charge is 2.24. The van der Waals surface area contributed by atoms with E-state index in [1.54, 1.807) is 0 Å². The number of hydrogen-bond donors (Lipinski definition) is 0. The largest absolute Gasteiger partial charge is 0.293 e. The second-order valence-corrected chi connectivity index (χ2v) is 5.84. The monoisotopic (exact) mass is 303 g/mol. The Bertz CT molecular complexity index is 417. The molecule has 0 radical (unpaired) electrons. The maximum atomic E-state index is 6.48. The van der Waals surface area contributed by atoms with Crippen LogP contribution >= 0.6 is 23.2 Å². The van der Waals surface area contributed by atoms with Crippen LogP contribution in [0.25, 0.3) is 0 Å². The van der Waals surface area contributed by atoms with Gasteiger partial charge < -0.3 is 0 Å². The van der Waals surface area contributed by atoms with Gasteiger partial charge in [0.25, 0.3) is 0 Å². The number of hydrogen-bond acceptors (Lipinski definition) is 2. The van der Waals surface area contributed by atoms with Crippen molar-refractivity contribution in [3.63, 3.8) is 0 Å². The van der Waals surface area contributed by atoms with Gasteiger partial charge in [-0.25, -0.2) is 0 Å². The molecule has 5 heteroatoms. The van der Waals surface area contributed by atoms with Crippen molar-refractivity contribution in [1.82, 2.24) is 14.7 Å². The Morgan fingerprint density at radius 3 is 2.74 bits per heavy atom. The van der Waals surface area contributed by atoms with E-state index in [9.17, 15) is 0 Å². The summed E-state index contributed by atoms with van der Waals surface area (Å²) >= 11 is 12.6. The highest BCUT2D eigenvalue weighted by atomic mass is 35.5. The molecule has 0 spiro atoms. The third-order valence-electron chi connectivity index (χ3n) is 3.97. The second kappa shape index (κ2) is 6.96. The van der Waals surface area contributed by atoms with Crippen molar-refractivity contribution in [2.75, 3.05) is 12.4 Å². The molecule has 1 aliphatic heterocycles. The fraction of sp³-hybridized carbons (Fsp3) is 0.786. The van der Waals surface area contributed by atoms with Crippen molar-refractivity contribution in [2.24, 2.45) is 0 Å². The number of piperidine rings is 1. The molecule has 1 unspecified atom stereocenters. The molecule has 3 nitrogen and oxygen atoms in total. The van der Waals surface area contributed by atoms with Crippen molar-refractivity contribution < 1.29 is 0 Å². The molecule has 0 aromatic carbocycles. The summed E-state index contributed by atoms with van der Waals surface area (Å²) in [5.74, 6) is 0.707. The third-order valence-corrected chi connectivity index (χ3v) is 4.77. The number of likely N-dealkylation sites (tertiary alicyclic amines) is 1. The number of nitrogens with zero attached hydrogens (tertiary/aromatic N) is 3. The Labute approximate surface area is 125 Å². The quantitative estimate of drug-likeness (QED) is 0.773. The standard InChI is InChI=1S/C14H23Cl2N3/c1-3-12-14(16)13(19(4-2)17-12)10-18-8-6-5-7-11(18)9-15/h11H,3-10H2,1-2H3. The van der Waals surface area contributed by atoms with Gasteiger partial charge in [0.1, 0.15) is 0 Å². The fourth-order valence-electron chi connectivity index (χ4n) is 2.80. The highest BCUT2D eigenvalue weighted by molar-refractivity contribution is 6.31. The Morgan fingerprint density at radius 2 is 2.11 bits per heavy atom. The summed E-state index contributed by atoms with van der Waals surface area (Å²) < 4.78 is 2.04. The molecule has 108 valence electrons. The smallest absolute Gasteiger partial charge is 0.0863 e. The van der Waals surface area contributed by atoms with Crippen LogP contribution in [0.4, 0.5) is 0 Å². The molecule has 2 heterocycles. The number of rotatable bonds is 5. The van der Waals surface area contributed by atoms with E-state index in [-0.39, 0.29) is 0 Å². The first-order valence-electron chi connectivity index (χ1n) is 7.25. The van der Waals surface area contributed by atoms with Gasteiger partial charge in [-0.3, -0.25) is 9.58 Å². The normalized spacial score (nSPS) is 20.9. The lowest BCUT2D eigenvalue weighted by atomic mass is 10.0. The lowest BCUT2D eigenvalue weighted by Gasteiger charge is -2.34. The van der Waals surface area contributed by atoms with Gasteiger partial charge in [0.05, 0.1) is 16.4 Å². The maximum absolute atomic E-state index is 6.48. The molecule has 0 amide bonds. The molecule has 1 aromatic heterocycles. The minimum absolute atomic E-state index is 0.483. The summed E-state index contributed by atoms with van der Waals surface area (Å²) in [5, 5.41) is 5.44. The number of alkyl halides is 1. The first kappa shape index (κ1) is 15.1. The van der Waals surface area contributed by atoms with Crippen LogP contribution in [0.5, 0.6) is 0 Å². The zero-order valence-corrected chi connectivity index (χ0v) is 13.3. The van der Waals surface area contributed by atoms with Crippen LogP contribution in [-0.2, 0) is 19.5 Å². The van der Waals surface area contributed by atoms with E-state index < -0.39 is 0 Å². The Hall–Kier alpha value is -0.250. The van der Waals surface area contributed by atoms with E-state index >= 15 is 0 Å². The van der Waals surface area contributed by atoms with E-state index in [4.69, 9.17) is 23.2 Å². The van der Waals surface area contributed by atoms with Crippen LogP contribution in [0.2, 0.25) is 5.02 Å². The van der Waals surface area contributed by atoms with Crippen LogP contribution in [0.1, 0.15) is 44.5 Å². The molecule has 0 aliphatic carbocycles. The van der Waals surface area contributed by atoms with Gasteiger partial charge in [0.2, 0.25) is 0 Å². The van der Waals surface area contributed by atoms with Crippen molar-refractivity contribution in [1.29, 1.82) is 0 Å². The van der Waals surface area contributed by atoms with Gasteiger partial charge in [-0.2, -0.15) is 5.10 Å². The molecule has 2 rings (SSSR count). The Kier molecular flexibility index (Phi) is 5.55. The van der Waals surface area contributed by atoms with Crippen LogP contribution in [0.3, 0.4) is 0 Å². The second-order valence-electron chi connectivity index (χ2n) is 5.15. The number of aryl methyl sites for hydroxylation is 2. The maximum Gasteiger partial charge on any atom is 0.0863 e. The first-order valence-corrected chi connectivity index (χ1v) is 8.16. The van der Waals surface area contributed by atoms with E-state index in [1.807, 2.05) is 4.68 Å². The molecular formula is C14H23Cl2N3. The van der Waals surface area contributed by atoms with Gasteiger partial charge in [0, 0.05) is 25.0 Å². The molecule has 0 saturated carbocycles. The lowest BCUT2D eigenvalue weighted by Crippen LogP contribution is -2.40. The SMILES string of the molecule is CCc1nn(CC)c(CN2CCCCC2CCl)c1Cl. The number of aromatic nitrogens is 2. The van der Waals surface area contributed by atoms with E-state index in [0.717, 1.165) is 42.5 Å². The van der Waals surface area contributed by atoms with Crippen LogP contribution in [0.15, 0.2) is 0 Å². The van der Waals surface area contributed by atoms with E-state index in [2.05, 4.69) is 23.8 Å². The molecule has 1 fully saturated rings. The summed E-state index contributed by atoms with van der Waals surface area (Å²) in [6.07, 6.45) is 4.63. The minimum Gasteiger partial charge on any atom is -0.293 e. The highest BCUT2D eigenvalue weighted by Crippen LogP contribution is 2.26. The molecular weight excluding hydrogens is 281 g/mol. The van der Waals surface area contributed by atoms with Crippen LogP contribution in [0, 0.1) is 0 Å². The summed E-state index contributed by atoms with van der Waals surface area (Å²) in [6.45, 7) is 7.07. The van der Waals surface area contributed by atoms with Crippen LogP contribution in [-0.4, -0.2) is 33.1 Å². The lowest BCUT2D eigenvalue weighted by molar-refractivity contribution is 0.151. The van der Waals surface area contributed by atoms with Gasteiger partial charge in [-0.05, 0) is 32.7 Å². The fourth-order valence-corrected chi connectivity index (χ4v) is 3.48. The first-order chi connectivity index (χ1) is 9.21. The van der Waals surface area contributed by atoms with Crippen molar-refractivity contribution >= 4 is 23.2 Å². The third kappa shape index (κ3) is 3.26. The molecule has 1 saturated heterocycles. The van der Waals surface area contributed by atoms with Gasteiger partial charge in [-0.15, -0.1) is 11.6 Å². The number of halogens is 2. The zero-order chi connectivity index (χ0) is 13.8. The molecule has 1 aliphatic rings. The molecule has 1 atom stereocenters. The summed E-state index contributed by atoms with van der Waals surface area (Å²) in [6, 6.07) is 0.483. The van der Waals surface area contributed by atoms with E-state index in [0.29, 0.717) is 11.9 Å². The molecule has 0 bridgehead atoms. The summed E-state index contributed by atoms with van der Waals surface area (Å²) in [7, 11) is 0. The average molecular weight is 304 g/mol. The van der Waals surface area contributed by atoms with Crippen molar-refractivity contribution in [2.45, 2.75) is 58.7 Å². The summed E-state index contributed by atoms with van der Waals surface area (Å²) in [5.41, 5.74) is 2.16.